The van der Waals surface area contributed by atoms with E-state index in [0.29, 0.717) is 11.3 Å². The fourth-order valence-corrected chi connectivity index (χ4v) is 4.95. The summed E-state index contributed by atoms with van der Waals surface area (Å²) in [6.45, 7) is 8.71. The van der Waals surface area contributed by atoms with Gasteiger partial charge >= 0.3 is 18.0 Å². The molecule has 2 amide bonds. The van der Waals surface area contributed by atoms with E-state index < -0.39 is 53.0 Å². The van der Waals surface area contributed by atoms with Gasteiger partial charge in [-0.25, -0.2) is 9.59 Å². The van der Waals surface area contributed by atoms with Gasteiger partial charge in [0.15, 0.2) is 0 Å². The Kier molecular flexibility index (Phi) is 7.62. The highest BCUT2D eigenvalue weighted by atomic mass is 16.6. The van der Waals surface area contributed by atoms with Gasteiger partial charge in [-0.15, -0.1) is 0 Å². The van der Waals surface area contributed by atoms with E-state index in [4.69, 9.17) is 18.9 Å². The number of hydrogen-bond donors (Lipinski definition) is 2. The summed E-state index contributed by atoms with van der Waals surface area (Å²) in [6, 6.07) is 6.05. The number of hydrogen-bond acceptors (Lipinski definition) is 8. The van der Waals surface area contributed by atoms with Crippen molar-refractivity contribution in [3.05, 3.63) is 29.8 Å². The van der Waals surface area contributed by atoms with Crippen LogP contribution in [0.2, 0.25) is 0 Å². The van der Waals surface area contributed by atoms with Crippen LogP contribution in [-0.4, -0.2) is 61.4 Å². The standard InChI is InChI=1S/C25H34N2O8/c1-7-33-21(29)18-17-16(26-20(28)14-10-9-11-15(12-14)32-6)13-25(19(17)18,22(30)34-8-2)27-23(31)35-24(3,4)5/h9-12,16-19H,7-8,13H2,1-6H3,(H,26,28)(H,27,31)/t16?,17?,18-,19?,25?/m0/s1. The molecule has 0 bridgehead atoms. The maximum atomic E-state index is 13.2. The van der Waals surface area contributed by atoms with Gasteiger partial charge in [-0.3, -0.25) is 9.59 Å². The number of fused-ring (bicyclic) bond motifs is 1. The summed E-state index contributed by atoms with van der Waals surface area (Å²) in [5, 5.41) is 5.63. The van der Waals surface area contributed by atoms with E-state index >= 15 is 0 Å². The van der Waals surface area contributed by atoms with E-state index in [1.54, 1.807) is 58.9 Å². The minimum atomic E-state index is -1.55. The first-order valence-corrected chi connectivity index (χ1v) is 11.8. The van der Waals surface area contributed by atoms with Crippen molar-refractivity contribution in [3.63, 3.8) is 0 Å². The molecule has 0 aliphatic heterocycles. The summed E-state index contributed by atoms with van der Waals surface area (Å²) in [6.07, 6.45) is -0.759. The number of ether oxygens (including phenoxy) is 4. The molecule has 10 nitrogen and oxygen atoms in total. The number of carbonyl (C=O) groups is 4. The monoisotopic (exact) mass is 490 g/mol. The summed E-state index contributed by atoms with van der Waals surface area (Å²) in [5.41, 5.74) is -1.99. The molecule has 2 N–H and O–H groups in total. The zero-order valence-corrected chi connectivity index (χ0v) is 21.0. The molecule has 1 aromatic rings. The van der Waals surface area contributed by atoms with E-state index in [1.165, 1.54) is 7.11 Å². The lowest BCUT2D eigenvalue weighted by Crippen LogP contribution is -2.59. The van der Waals surface area contributed by atoms with Gasteiger partial charge in [0, 0.05) is 23.9 Å². The van der Waals surface area contributed by atoms with Gasteiger partial charge in [-0.2, -0.15) is 0 Å². The van der Waals surface area contributed by atoms with Crippen LogP contribution in [0.3, 0.4) is 0 Å². The minimum absolute atomic E-state index is 0.0476. The van der Waals surface area contributed by atoms with Crippen molar-refractivity contribution in [3.8, 4) is 5.75 Å². The molecule has 0 saturated heterocycles. The van der Waals surface area contributed by atoms with Crippen LogP contribution in [0.4, 0.5) is 4.79 Å². The van der Waals surface area contributed by atoms with Crippen LogP contribution in [0.25, 0.3) is 0 Å². The summed E-state index contributed by atoms with van der Waals surface area (Å²) in [5.74, 6) is -2.73. The smallest absolute Gasteiger partial charge is 0.408 e. The van der Waals surface area contributed by atoms with E-state index in [9.17, 15) is 19.2 Å². The number of benzene rings is 1. The molecule has 2 fully saturated rings. The van der Waals surface area contributed by atoms with Crippen LogP contribution in [0.1, 0.15) is 51.4 Å². The second-order valence-electron chi connectivity index (χ2n) is 9.72. The molecule has 10 heteroatoms. The maximum absolute atomic E-state index is 13.2. The highest BCUT2D eigenvalue weighted by molar-refractivity contribution is 5.96. The third kappa shape index (κ3) is 5.52. The molecule has 1 aromatic carbocycles. The van der Waals surface area contributed by atoms with Crippen molar-refractivity contribution < 1.29 is 38.1 Å². The molecule has 5 atom stereocenters. The Morgan fingerprint density at radius 2 is 1.77 bits per heavy atom. The summed E-state index contributed by atoms with van der Waals surface area (Å²) < 4.78 is 21.1. The number of methoxy groups -OCH3 is 1. The van der Waals surface area contributed by atoms with Gasteiger partial charge in [-0.1, -0.05) is 6.07 Å². The molecule has 4 unspecified atom stereocenters. The fourth-order valence-electron chi connectivity index (χ4n) is 4.95. The Morgan fingerprint density at radius 1 is 1.09 bits per heavy atom. The van der Waals surface area contributed by atoms with Crippen molar-refractivity contribution in [2.24, 2.45) is 17.8 Å². The third-order valence-electron chi connectivity index (χ3n) is 6.22. The van der Waals surface area contributed by atoms with E-state index in [0.717, 1.165) is 0 Å². The highest BCUT2D eigenvalue weighted by Gasteiger charge is 2.76. The molecule has 192 valence electrons. The first-order chi connectivity index (χ1) is 16.5. The lowest BCUT2D eigenvalue weighted by Gasteiger charge is -2.33. The van der Waals surface area contributed by atoms with Crippen LogP contribution in [0, 0.1) is 17.8 Å². The molecular formula is C25H34N2O8. The molecule has 0 heterocycles. The second-order valence-corrected chi connectivity index (χ2v) is 9.72. The SMILES string of the molecule is CCOC(=O)[C@H]1C2C(NC(=O)c3cccc(OC)c3)CC(NC(=O)OC(C)(C)C)(C(=O)OCC)C21. The normalized spacial score (nSPS) is 26.7. The molecule has 2 aliphatic rings. The molecule has 0 aromatic heterocycles. The van der Waals surface area contributed by atoms with E-state index in [-0.39, 0.29) is 25.5 Å². The van der Waals surface area contributed by atoms with Crippen LogP contribution >= 0.6 is 0 Å². The fraction of sp³-hybridized carbons (Fsp3) is 0.600. The molecule has 2 saturated carbocycles. The van der Waals surface area contributed by atoms with E-state index in [1.807, 2.05) is 0 Å². The van der Waals surface area contributed by atoms with Crippen molar-refractivity contribution in [1.29, 1.82) is 0 Å². The predicted molar refractivity (Wildman–Crippen MR) is 125 cm³/mol. The second kappa shape index (κ2) is 10.1. The van der Waals surface area contributed by atoms with E-state index in [2.05, 4.69) is 10.6 Å². The van der Waals surface area contributed by atoms with Crippen LogP contribution in [-0.2, 0) is 23.8 Å². The average Bonchev–Trinajstić information content (AvgIpc) is 3.46. The lowest BCUT2D eigenvalue weighted by atomic mass is 9.88. The summed E-state index contributed by atoms with van der Waals surface area (Å²) >= 11 is 0. The highest BCUT2D eigenvalue weighted by Crippen LogP contribution is 2.63. The van der Waals surface area contributed by atoms with Crippen molar-refractivity contribution in [2.75, 3.05) is 20.3 Å². The van der Waals surface area contributed by atoms with Gasteiger partial charge in [0.2, 0.25) is 0 Å². The topological polar surface area (TPSA) is 129 Å². The van der Waals surface area contributed by atoms with Crippen LogP contribution in [0.15, 0.2) is 24.3 Å². The Bertz CT molecular complexity index is 988. The van der Waals surface area contributed by atoms with Crippen molar-refractivity contribution >= 4 is 23.9 Å². The van der Waals surface area contributed by atoms with Gasteiger partial charge < -0.3 is 29.6 Å². The van der Waals surface area contributed by atoms with Gasteiger partial charge in [0.1, 0.15) is 16.9 Å². The zero-order chi connectivity index (χ0) is 26.0. The Morgan fingerprint density at radius 3 is 2.37 bits per heavy atom. The third-order valence-corrected chi connectivity index (χ3v) is 6.22. The average molecular weight is 491 g/mol. The molecule has 2 aliphatic carbocycles. The number of alkyl carbamates (subject to hydrolysis) is 1. The van der Waals surface area contributed by atoms with Gasteiger partial charge in [-0.05, 0) is 58.7 Å². The predicted octanol–water partition coefficient (Wildman–Crippen LogP) is 2.45. The van der Waals surface area contributed by atoms with Gasteiger partial charge in [0.05, 0.1) is 26.2 Å². The zero-order valence-electron chi connectivity index (χ0n) is 21.0. The number of rotatable bonds is 8. The van der Waals surface area contributed by atoms with Crippen molar-refractivity contribution in [2.45, 2.75) is 58.2 Å². The quantitative estimate of drug-likeness (QED) is 0.420. The molecular weight excluding hydrogens is 456 g/mol. The first-order valence-electron chi connectivity index (χ1n) is 11.8. The molecule has 0 radical (unpaired) electrons. The number of carbonyl (C=O) groups excluding carboxylic acids is 4. The summed E-state index contributed by atoms with van der Waals surface area (Å²) in [7, 11) is 1.50. The molecule has 35 heavy (non-hydrogen) atoms. The van der Waals surface area contributed by atoms with Crippen LogP contribution < -0.4 is 15.4 Å². The van der Waals surface area contributed by atoms with Crippen LogP contribution in [0.5, 0.6) is 5.75 Å². The Balaban J connectivity index is 1.92. The number of esters is 2. The molecule has 0 spiro atoms. The Labute approximate surface area is 205 Å². The largest absolute Gasteiger partial charge is 0.497 e. The number of amides is 2. The number of nitrogens with one attached hydrogen (secondary N) is 2. The molecule has 3 rings (SSSR count). The minimum Gasteiger partial charge on any atom is -0.497 e. The Hall–Kier alpha value is -3.30. The van der Waals surface area contributed by atoms with Gasteiger partial charge in [0.25, 0.3) is 5.91 Å². The van der Waals surface area contributed by atoms with Crippen molar-refractivity contribution in [1.82, 2.24) is 10.6 Å². The maximum Gasteiger partial charge on any atom is 0.408 e. The summed E-state index contributed by atoms with van der Waals surface area (Å²) in [4.78, 5) is 51.8. The first kappa shape index (κ1) is 26.3. The lowest BCUT2D eigenvalue weighted by molar-refractivity contribution is -0.153.